The Labute approximate surface area is 216 Å². The molecule has 0 bridgehead atoms. The van der Waals surface area contributed by atoms with Crippen molar-refractivity contribution in [2.45, 2.75) is 58.5 Å². The fraction of sp³-hybridized carbons (Fsp3) is 0.357. The number of aromatic nitrogens is 6. The summed E-state index contributed by atoms with van der Waals surface area (Å²) in [7, 11) is 0. The number of nitrogens with zero attached hydrogens (tertiary/aromatic N) is 6. The summed E-state index contributed by atoms with van der Waals surface area (Å²) in [5, 5.41) is 24.6. The lowest BCUT2D eigenvalue weighted by Gasteiger charge is -2.31. The van der Waals surface area contributed by atoms with Gasteiger partial charge in [-0.3, -0.25) is 9.69 Å². The van der Waals surface area contributed by atoms with Gasteiger partial charge < -0.3 is 5.11 Å². The van der Waals surface area contributed by atoms with Crippen LogP contribution in [0.1, 0.15) is 48.3 Å². The molecule has 37 heavy (non-hydrogen) atoms. The van der Waals surface area contributed by atoms with E-state index in [2.05, 4.69) is 44.9 Å². The second-order valence-corrected chi connectivity index (χ2v) is 9.63. The van der Waals surface area contributed by atoms with Crippen LogP contribution in [0.5, 0.6) is 0 Å². The predicted octanol–water partition coefficient (Wildman–Crippen LogP) is 3.99. The maximum absolute atomic E-state index is 13.0. The lowest BCUT2D eigenvalue weighted by Crippen LogP contribution is -2.46. The van der Waals surface area contributed by atoms with E-state index in [9.17, 15) is 9.90 Å². The Hall–Kier alpha value is -3.98. The van der Waals surface area contributed by atoms with Crippen molar-refractivity contribution in [2.24, 2.45) is 0 Å². The molecule has 9 heteroatoms. The molecule has 5 rings (SSSR count). The van der Waals surface area contributed by atoms with Gasteiger partial charge in [0.05, 0.1) is 17.1 Å². The van der Waals surface area contributed by atoms with Crippen LogP contribution in [-0.2, 0) is 17.6 Å². The van der Waals surface area contributed by atoms with E-state index in [1.54, 1.807) is 4.90 Å². The molecule has 1 atom stereocenters. The summed E-state index contributed by atoms with van der Waals surface area (Å²) in [5.41, 5.74) is 6.35. The minimum atomic E-state index is -1.11. The lowest BCUT2D eigenvalue weighted by atomic mass is 10.00. The van der Waals surface area contributed by atoms with Gasteiger partial charge in [-0.1, -0.05) is 77.7 Å². The van der Waals surface area contributed by atoms with Gasteiger partial charge in [0.25, 0.3) is 5.91 Å². The van der Waals surface area contributed by atoms with Crippen molar-refractivity contribution >= 4 is 11.7 Å². The molecule has 0 unspecified atom stereocenters. The van der Waals surface area contributed by atoms with Gasteiger partial charge in [0.15, 0.2) is 11.6 Å². The van der Waals surface area contributed by atoms with Crippen molar-refractivity contribution in [1.29, 1.82) is 0 Å². The zero-order valence-electron chi connectivity index (χ0n) is 21.2. The number of anilines is 1. The number of aromatic amines is 1. The number of aliphatic hydroxyl groups is 1. The van der Waals surface area contributed by atoms with E-state index in [-0.39, 0.29) is 12.3 Å². The van der Waals surface area contributed by atoms with Gasteiger partial charge in [-0.05, 0) is 26.7 Å². The molecule has 2 aromatic heterocycles. The molecule has 0 spiro atoms. The maximum atomic E-state index is 13.0. The number of hydrogen-bond acceptors (Lipinski definition) is 7. The highest BCUT2D eigenvalue weighted by Crippen LogP contribution is 2.35. The molecule has 9 nitrogen and oxygen atoms in total. The first-order valence-electron chi connectivity index (χ1n) is 12.8. The van der Waals surface area contributed by atoms with Crippen molar-refractivity contribution in [3.05, 3.63) is 71.2 Å². The number of amides is 1. The summed E-state index contributed by atoms with van der Waals surface area (Å²) >= 11 is 0. The van der Waals surface area contributed by atoms with Crippen LogP contribution in [0.15, 0.2) is 48.5 Å². The first kappa shape index (κ1) is 24.7. The number of aliphatic hydroxyl groups excluding tert-OH is 1. The van der Waals surface area contributed by atoms with Gasteiger partial charge in [0, 0.05) is 30.5 Å². The maximum Gasteiger partial charge on any atom is 0.257 e. The van der Waals surface area contributed by atoms with Crippen molar-refractivity contribution in [2.75, 3.05) is 11.4 Å². The largest absolute Gasteiger partial charge is 0.383 e. The van der Waals surface area contributed by atoms with E-state index in [4.69, 9.17) is 9.97 Å². The standard InChI is InChI=1S/C28H31N7O2/c1-18-8-12-20(13-9-18)25-26(21-14-10-19(2)11-15-21)30-27-22(29-25)17-23(36)28(37)35(27)16-6-4-3-5-7-24-31-33-34-32-24/h8-15,23,36H,3-7,16-17H2,1-2H3,(H,31,32,33,34)/t23-/m0/s1. The van der Waals surface area contributed by atoms with Crippen LogP contribution in [-0.4, -0.2) is 54.3 Å². The number of nitrogens with one attached hydrogen (secondary N) is 1. The highest BCUT2D eigenvalue weighted by atomic mass is 16.3. The second kappa shape index (κ2) is 11.0. The van der Waals surface area contributed by atoms with Crippen LogP contribution in [0.25, 0.3) is 22.5 Å². The van der Waals surface area contributed by atoms with Crippen molar-refractivity contribution in [1.82, 2.24) is 30.6 Å². The van der Waals surface area contributed by atoms with Gasteiger partial charge >= 0.3 is 0 Å². The molecule has 3 heterocycles. The molecule has 0 radical (unpaired) electrons. The summed E-state index contributed by atoms with van der Waals surface area (Å²) in [4.78, 5) is 24.7. The van der Waals surface area contributed by atoms with Gasteiger partial charge in [-0.15, -0.1) is 10.2 Å². The quantitative estimate of drug-likeness (QED) is 0.335. The summed E-state index contributed by atoms with van der Waals surface area (Å²) in [6, 6.07) is 16.4. The highest BCUT2D eigenvalue weighted by Gasteiger charge is 2.34. The fourth-order valence-corrected chi connectivity index (χ4v) is 4.61. The van der Waals surface area contributed by atoms with E-state index in [1.165, 1.54) is 0 Å². The van der Waals surface area contributed by atoms with Gasteiger partial charge in [-0.2, -0.15) is 5.21 Å². The second-order valence-electron chi connectivity index (χ2n) is 9.63. The molecule has 1 aliphatic heterocycles. The third-order valence-electron chi connectivity index (χ3n) is 6.71. The molecule has 0 saturated heterocycles. The molecular weight excluding hydrogens is 466 g/mol. The number of aryl methyl sites for hydroxylation is 3. The SMILES string of the molecule is Cc1ccc(-c2nc3c(nc2-c2ccc(C)cc2)N(CCCCCCc2nn[nH]n2)C(=O)[C@@H](O)C3)cc1. The monoisotopic (exact) mass is 497 g/mol. The van der Waals surface area contributed by atoms with Crippen LogP contribution < -0.4 is 4.90 Å². The third kappa shape index (κ3) is 5.56. The number of fused-ring (bicyclic) bond motifs is 1. The average Bonchev–Trinajstić information content (AvgIpc) is 3.42. The van der Waals surface area contributed by atoms with E-state index in [0.717, 1.165) is 65.7 Å². The first-order chi connectivity index (χ1) is 18.0. The first-order valence-corrected chi connectivity index (χ1v) is 12.8. The molecule has 0 aliphatic carbocycles. The summed E-state index contributed by atoms with van der Waals surface area (Å²) in [5.74, 6) is 0.951. The molecule has 0 fully saturated rings. The Morgan fingerprint density at radius 1 is 0.892 bits per heavy atom. The lowest BCUT2D eigenvalue weighted by molar-refractivity contribution is -0.127. The van der Waals surface area contributed by atoms with Crippen molar-refractivity contribution < 1.29 is 9.90 Å². The molecule has 1 aliphatic rings. The number of unbranched alkanes of at least 4 members (excludes halogenated alkanes) is 3. The summed E-state index contributed by atoms with van der Waals surface area (Å²) in [6.07, 6.45) is 3.49. The Kier molecular flexibility index (Phi) is 7.32. The number of carbonyl (C=O) groups is 1. The molecule has 0 saturated carbocycles. The highest BCUT2D eigenvalue weighted by molar-refractivity contribution is 5.99. The van der Waals surface area contributed by atoms with Gasteiger partial charge in [0.1, 0.15) is 6.10 Å². The Bertz CT molecular complexity index is 1350. The van der Waals surface area contributed by atoms with E-state index in [0.29, 0.717) is 23.9 Å². The van der Waals surface area contributed by atoms with Gasteiger partial charge in [-0.25, -0.2) is 9.97 Å². The van der Waals surface area contributed by atoms with Gasteiger partial charge in [0.2, 0.25) is 0 Å². The molecule has 2 aromatic carbocycles. The Morgan fingerprint density at radius 3 is 2.14 bits per heavy atom. The molecular formula is C28H31N7O2. The number of tetrazole rings is 1. The normalized spacial score (nSPS) is 15.2. The topological polar surface area (TPSA) is 121 Å². The zero-order valence-corrected chi connectivity index (χ0v) is 21.2. The number of rotatable bonds is 9. The number of carbonyl (C=O) groups excluding carboxylic acids is 1. The van der Waals surface area contributed by atoms with Crippen LogP contribution in [0.3, 0.4) is 0 Å². The molecule has 1 amide bonds. The summed E-state index contributed by atoms with van der Waals surface area (Å²) in [6.45, 7) is 4.58. The van der Waals surface area contributed by atoms with Crippen LogP contribution in [0, 0.1) is 13.8 Å². The number of H-pyrrole nitrogens is 1. The average molecular weight is 498 g/mol. The van der Waals surface area contributed by atoms with E-state index >= 15 is 0 Å². The molecule has 190 valence electrons. The Balaban J connectivity index is 1.42. The number of hydrogen-bond donors (Lipinski definition) is 2. The molecule has 2 N–H and O–H groups in total. The predicted molar refractivity (Wildman–Crippen MR) is 141 cm³/mol. The van der Waals surface area contributed by atoms with Crippen LogP contribution in [0.2, 0.25) is 0 Å². The third-order valence-corrected chi connectivity index (χ3v) is 6.71. The minimum Gasteiger partial charge on any atom is -0.383 e. The Morgan fingerprint density at radius 2 is 1.51 bits per heavy atom. The van der Waals surface area contributed by atoms with Crippen LogP contribution >= 0.6 is 0 Å². The van der Waals surface area contributed by atoms with Crippen molar-refractivity contribution in [3.63, 3.8) is 0 Å². The van der Waals surface area contributed by atoms with E-state index in [1.807, 2.05) is 38.1 Å². The van der Waals surface area contributed by atoms with Crippen LogP contribution in [0.4, 0.5) is 5.82 Å². The summed E-state index contributed by atoms with van der Waals surface area (Å²) < 4.78 is 0. The smallest absolute Gasteiger partial charge is 0.257 e. The minimum absolute atomic E-state index is 0.162. The van der Waals surface area contributed by atoms with E-state index < -0.39 is 6.10 Å². The van der Waals surface area contributed by atoms with Crippen molar-refractivity contribution in [3.8, 4) is 22.5 Å². The zero-order chi connectivity index (χ0) is 25.8. The fourth-order valence-electron chi connectivity index (χ4n) is 4.61. The number of benzene rings is 2. The molecule has 4 aromatic rings.